The molecule has 0 aromatic heterocycles. The van der Waals surface area contributed by atoms with Gasteiger partial charge in [0.1, 0.15) is 0 Å². The van der Waals surface area contributed by atoms with E-state index in [2.05, 4.69) is 29.0 Å². The van der Waals surface area contributed by atoms with E-state index in [4.69, 9.17) is 5.11 Å². The fraction of sp³-hybridized carbons (Fsp3) is 0.917. The van der Waals surface area contributed by atoms with E-state index in [1.54, 1.807) is 0 Å². The van der Waals surface area contributed by atoms with Gasteiger partial charge in [-0.15, -0.1) is 0 Å². The number of carboxylic acids is 1. The van der Waals surface area contributed by atoms with Gasteiger partial charge in [-0.3, -0.25) is 9.69 Å². The molecule has 100 valence electrons. The van der Waals surface area contributed by atoms with Crippen molar-refractivity contribution in [2.45, 2.75) is 19.4 Å². The molecule has 1 heterocycles. The summed E-state index contributed by atoms with van der Waals surface area (Å²) in [5.41, 5.74) is -0.0173. The topological polar surface area (TPSA) is 55.8 Å². The van der Waals surface area contributed by atoms with Gasteiger partial charge in [-0.05, 0) is 27.9 Å². The minimum absolute atomic E-state index is 0.0173. The lowest BCUT2D eigenvalue weighted by Gasteiger charge is -2.30. The summed E-state index contributed by atoms with van der Waals surface area (Å²) in [4.78, 5) is 15.5. The highest BCUT2D eigenvalue weighted by Crippen LogP contribution is 2.13. The van der Waals surface area contributed by atoms with Crippen molar-refractivity contribution in [3.8, 4) is 0 Å². The van der Waals surface area contributed by atoms with Gasteiger partial charge in [0.25, 0.3) is 0 Å². The second-order valence-electron chi connectivity index (χ2n) is 5.84. The molecular formula is C12H25N3O2. The second-order valence-corrected chi connectivity index (χ2v) is 5.84. The smallest absolute Gasteiger partial charge is 0.309 e. The summed E-state index contributed by atoms with van der Waals surface area (Å²) < 4.78 is 0. The zero-order valence-corrected chi connectivity index (χ0v) is 11.4. The number of rotatable bonds is 4. The summed E-state index contributed by atoms with van der Waals surface area (Å²) in [5.74, 6) is -1.01. The quantitative estimate of drug-likeness (QED) is 0.724. The van der Waals surface area contributed by atoms with Crippen LogP contribution in [0.25, 0.3) is 0 Å². The van der Waals surface area contributed by atoms with Crippen LogP contribution in [0, 0.1) is 5.92 Å². The summed E-state index contributed by atoms with van der Waals surface area (Å²) in [6.45, 7) is 8.22. The Morgan fingerprint density at radius 2 is 2.18 bits per heavy atom. The van der Waals surface area contributed by atoms with Crippen LogP contribution in [0.1, 0.15) is 13.8 Å². The molecule has 0 saturated carbocycles. The van der Waals surface area contributed by atoms with Crippen LogP contribution in [0.2, 0.25) is 0 Å². The van der Waals surface area contributed by atoms with Crippen molar-refractivity contribution < 1.29 is 9.90 Å². The predicted molar refractivity (Wildman–Crippen MR) is 68.2 cm³/mol. The zero-order chi connectivity index (χ0) is 13.1. The molecule has 5 heteroatoms. The minimum atomic E-state index is -0.704. The first kappa shape index (κ1) is 14.4. The Bertz CT molecular complexity index is 266. The Hall–Kier alpha value is -0.650. The van der Waals surface area contributed by atoms with Gasteiger partial charge in [0.05, 0.1) is 5.92 Å². The first-order valence-electron chi connectivity index (χ1n) is 6.15. The molecule has 0 aliphatic carbocycles. The number of hydrogen-bond donors (Lipinski definition) is 2. The summed E-state index contributed by atoms with van der Waals surface area (Å²) in [7, 11) is 4.08. The largest absolute Gasteiger partial charge is 0.481 e. The number of likely N-dealkylation sites (N-methyl/N-ethyl adjacent to an activating group) is 1. The van der Waals surface area contributed by atoms with Crippen molar-refractivity contribution in [2.24, 2.45) is 5.92 Å². The molecular weight excluding hydrogens is 218 g/mol. The van der Waals surface area contributed by atoms with E-state index in [1.165, 1.54) is 0 Å². The van der Waals surface area contributed by atoms with Gasteiger partial charge in [0.2, 0.25) is 0 Å². The number of carboxylic acid groups (broad SMARTS) is 1. The summed E-state index contributed by atoms with van der Waals surface area (Å²) in [6.07, 6.45) is 0. The van der Waals surface area contributed by atoms with Crippen molar-refractivity contribution in [3.63, 3.8) is 0 Å². The van der Waals surface area contributed by atoms with Crippen molar-refractivity contribution in [1.82, 2.24) is 15.1 Å². The maximum Gasteiger partial charge on any atom is 0.309 e. The van der Waals surface area contributed by atoms with Crippen molar-refractivity contribution >= 4 is 5.97 Å². The highest BCUT2D eigenvalue weighted by atomic mass is 16.4. The molecule has 0 aromatic carbocycles. The van der Waals surface area contributed by atoms with Crippen molar-refractivity contribution in [3.05, 3.63) is 0 Å². The fourth-order valence-electron chi connectivity index (χ4n) is 2.13. The number of aliphatic carboxylic acids is 1. The first-order valence-corrected chi connectivity index (χ1v) is 6.15. The van der Waals surface area contributed by atoms with Crippen LogP contribution >= 0.6 is 0 Å². The van der Waals surface area contributed by atoms with Crippen molar-refractivity contribution in [1.29, 1.82) is 0 Å². The van der Waals surface area contributed by atoms with Gasteiger partial charge in [0.15, 0.2) is 0 Å². The van der Waals surface area contributed by atoms with E-state index in [0.29, 0.717) is 13.1 Å². The lowest BCUT2D eigenvalue weighted by Crippen LogP contribution is -2.47. The van der Waals surface area contributed by atoms with Crippen LogP contribution in [0.3, 0.4) is 0 Å². The lowest BCUT2D eigenvalue weighted by molar-refractivity contribution is -0.141. The number of nitrogens with zero attached hydrogens (tertiary/aromatic N) is 2. The molecule has 2 N–H and O–H groups in total. The Morgan fingerprint density at radius 1 is 1.53 bits per heavy atom. The molecule has 0 bridgehead atoms. The first-order chi connectivity index (χ1) is 7.80. The Labute approximate surface area is 104 Å². The third-order valence-electron chi connectivity index (χ3n) is 3.14. The van der Waals surface area contributed by atoms with E-state index in [9.17, 15) is 4.79 Å². The van der Waals surface area contributed by atoms with Gasteiger partial charge in [-0.25, -0.2) is 0 Å². The van der Waals surface area contributed by atoms with Crippen LogP contribution in [-0.4, -0.2) is 73.2 Å². The second kappa shape index (κ2) is 5.80. The summed E-state index contributed by atoms with van der Waals surface area (Å²) in [5, 5.41) is 12.5. The Kier molecular flexibility index (Phi) is 4.91. The van der Waals surface area contributed by atoms with Gasteiger partial charge in [0, 0.05) is 38.3 Å². The zero-order valence-electron chi connectivity index (χ0n) is 11.4. The monoisotopic (exact) mass is 243 g/mol. The van der Waals surface area contributed by atoms with Crippen LogP contribution in [-0.2, 0) is 4.79 Å². The van der Waals surface area contributed by atoms with E-state index >= 15 is 0 Å². The summed E-state index contributed by atoms with van der Waals surface area (Å²) >= 11 is 0. The van der Waals surface area contributed by atoms with Gasteiger partial charge < -0.3 is 15.3 Å². The molecule has 1 atom stereocenters. The normalized spacial score (nSPS) is 25.8. The van der Waals surface area contributed by atoms with E-state index in [0.717, 1.165) is 19.6 Å². The number of hydrogen-bond acceptors (Lipinski definition) is 4. The fourth-order valence-corrected chi connectivity index (χ4v) is 2.13. The molecule has 0 amide bonds. The van der Waals surface area contributed by atoms with E-state index in [1.807, 2.05) is 14.1 Å². The number of nitrogens with one attached hydrogen (secondary N) is 1. The average Bonchev–Trinajstić information content (AvgIpc) is 2.33. The molecule has 1 aliphatic heterocycles. The molecule has 1 aliphatic rings. The van der Waals surface area contributed by atoms with E-state index in [-0.39, 0.29) is 11.5 Å². The van der Waals surface area contributed by atoms with Gasteiger partial charge >= 0.3 is 5.97 Å². The molecule has 0 spiro atoms. The Morgan fingerprint density at radius 3 is 2.71 bits per heavy atom. The maximum atomic E-state index is 11.1. The summed E-state index contributed by atoms with van der Waals surface area (Å²) in [6, 6.07) is 0. The van der Waals surface area contributed by atoms with Crippen molar-refractivity contribution in [2.75, 3.05) is 46.8 Å². The molecule has 17 heavy (non-hydrogen) atoms. The molecule has 1 fully saturated rings. The molecule has 1 unspecified atom stereocenters. The minimum Gasteiger partial charge on any atom is -0.481 e. The van der Waals surface area contributed by atoms with Gasteiger partial charge in [-0.1, -0.05) is 0 Å². The van der Waals surface area contributed by atoms with E-state index < -0.39 is 5.97 Å². The highest BCUT2D eigenvalue weighted by Gasteiger charge is 2.31. The SMILES string of the molecule is CN(C)CCN1CC(C(=O)O)CNC(C)(C)C1. The molecule has 1 saturated heterocycles. The van der Waals surface area contributed by atoms with Crippen LogP contribution in [0.5, 0.6) is 0 Å². The standard InChI is InChI=1S/C12H25N3O2/c1-12(2)9-15(6-5-14(3)4)8-10(7-13-12)11(16)17/h10,13H,5-9H2,1-4H3,(H,16,17). The van der Waals surface area contributed by atoms with Gasteiger partial charge in [-0.2, -0.15) is 0 Å². The average molecular weight is 243 g/mol. The predicted octanol–water partition coefficient (Wildman–Crippen LogP) is -0.0674. The maximum absolute atomic E-state index is 11.1. The third kappa shape index (κ3) is 5.02. The Balaban J connectivity index is 2.62. The van der Waals surface area contributed by atoms with Crippen LogP contribution < -0.4 is 5.32 Å². The lowest BCUT2D eigenvalue weighted by atomic mass is 10.1. The van der Waals surface area contributed by atoms with Crippen LogP contribution in [0.15, 0.2) is 0 Å². The highest BCUT2D eigenvalue weighted by molar-refractivity contribution is 5.70. The van der Waals surface area contributed by atoms with Crippen LogP contribution in [0.4, 0.5) is 0 Å². The molecule has 1 rings (SSSR count). The molecule has 5 nitrogen and oxygen atoms in total. The molecule has 0 aromatic rings. The molecule has 0 radical (unpaired) electrons. The number of carbonyl (C=O) groups is 1. The third-order valence-corrected chi connectivity index (χ3v) is 3.14.